The zero-order valence-electron chi connectivity index (χ0n) is 38.3. The number of hydrogen-bond acceptors (Lipinski definition) is 3. The minimum atomic E-state index is 1.09. The number of anilines is 3. The molecule has 15 rings (SSSR count). The number of rotatable bonds is 7. The molecule has 0 atom stereocenters. The van der Waals surface area contributed by atoms with Gasteiger partial charge in [-0.05, 0) is 131 Å². The quantitative estimate of drug-likeness (QED) is 0.155. The van der Waals surface area contributed by atoms with Gasteiger partial charge in [-0.1, -0.05) is 140 Å². The van der Waals surface area contributed by atoms with Gasteiger partial charge in [0.25, 0.3) is 0 Å². The molecule has 0 N–H and O–H groups in total. The molecule has 0 saturated heterocycles. The van der Waals surface area contributed by atoms with Crippen molar-refractivity contribution in [3.05, 3.63) is 249 Å². The highest BCUT2D eigenvalue weighted by Crippen LogP contribution is 2.49. The van der Waals surface area contributed by atoms with Crippen LogP contribution in [0.3, 0.4) is 0 Å². The molecule has 15 aromatic rings. The van der Waals surface area contributed by atoms with Crippen molar-refractivity contribution in [3.63, 3.8) is 0 Å². The van der Waals surface area contributed by atoms with Crippen molar-refractivity contribution in [2.24, 2.45) is 0 Å². The maximum Gasteiger partial charge on any atom is 0.0548 e. The largest absolute Gasteiger partial charge is 0.310 e. The SMILES string of the molecule is c1ccc(-c2ccc(N(c3ccc(-c4ccccc4)cc3)c3ccc4c(c3)c3cc(-n5c6ccc7sc8ccccc8c7c6c6c7c(ccc65)sc5ccccc57)ccc3n4-c3ccccc3)cc2)cc1. The molecule has 71 heavy (non-hydrogen) atoms. The second-order valence-corrected chi connectivity index (χ2v) is 20.6. The molecule has 0 unspecified atom stereocenters. The zero-order chi connectivity index (χ0) is 46.6. The van der Waals surface area contributed by atoms with Crippen molar-refractivity contribution in [1.82, 2.24) is 9.13 Å². The van der Waals surface area contributed by atoms with Crippen LogP contribution in [0, 0.1) is 0 Å². The number of thiophene rings is 2. The molecule has 5 heteroatoms. The third-order valence-corrected chi connectivity index (χ3v) is 16.8. The lowest BCUT2D eigenvalue weighted by atomic mass is 10.0. The van der Waals surface area contributed by atoms with Gasteiger partial charge in [0.1, 0.15) is 0 Å². The van der Waals surface area contributed by atoms with E-state index < -0.39 is 0 Å². The summed E-state index contributed by atoms with van der Waals surface area (Å²) in [7, 11) is 0. The van der Waals surface area contributed by atoms with Gasteiger partial charge in [0.15, 0.2) is 0 Å². The molecule has 0 aliphatic carbocycles. The molecule has 4 aromatic heterocycles. The summed E-state index contributed by atoms with van der Waals surface area (Å²) in [6.07, 6.45) is 0. The molecule has 0 aliphatic heterocycles. The standard InChI is InChI=1S/C66H41N3S2/c1-4-14-42(15-5-1)44-24-28-47(29-25-44)67(48-30-26-45(27-31-48)43-16-6-2-7-17-43)49-32-34-55-53(40-49)54-41-50(33-35-56(54)68(55)46-18-8-3-9-19-46)69-57-36-38-61-63(51-20-10-12-22-59(51)70-61)65(57)66-58(69)37-39-62-64(66)52-21-11-13-23-60(52)71-62/h1-41H. The Morgan fingerprint density at radius 2 is 0.662 bits per heavy atom. The number of nitrogens with zero attached hydrogens (tertiary/aromatic N) is 3. The minimum absolute atomic E-state index is 1.09. The van der Waals surface area contributed by atoms with Crippen LogP contribution < -0.4 is 4.90 Å². The predicted molar refractivity (Wildman–Crippen MR) is 306 cm³/mol. The highest BCUT2D eigenvalue weighted by atomic mass is 32.1. The van der Waals surface area contributed by atoms with E-state index in [1.807, 2.05) is 22.7 Å². The summed E-state index contributed by atoms with van der Waals surface area (Å²) in [5, 5.41) is 10.3. The first-order valence-electron chi connectivity index (χ1n) is 24.2. The lowest BCUT2D eigenvalue weighted by molar-refractivity contribution is 1.17. The topological polar surface area (TPSA) is 13.1 Å². The molecule has 0 radical (unpaired) electrons. The van der Waals surface area contributed by atoms with E-state index in [1.54, 1.807) is 0 Å². The highest BCUT2D eigenvalue weighted by molar-refractivity contribution is 7.26. The normalized spacial score (nSPS) is 11.9. The summed E-state index contributed by atoms with van der Waals surface area (Å²) >= 11 is 3.78. The van der Waals surface area contributed by atoms with Crippen LogP contribution in [0.4, 0.5) is 17.1 Å². The van der Waals surface area contributed by atoms with Gasteiger partial charge in [-0.25, -0.2) is 0 Å². The Bertz CT molecular complexity index is 4330. The fraction of sp³-hybridized carbons (Fsp3) is 0. The molecule has 0 aliphatic rings. The molecule has 4 heterocycles. The average molecular weight is 940 g/mol. The third-order valence-electron chi connectivity index (χ3n) is 14.5. The highest BCUT2D eigenvalue weighted by Gasteiger charge is 2.24. The van der Waals surface area contributed by atoms with E-state index in [0.29, 0.717) is 0 Å². The van der Waals surface area contributed by atoms with Crippen LogP contribution in [-0.2, 0) is 0 Å². The van der Waals surface area contributed by atoms with Crippen molar-refractivity contribution in [1.29, 1.82) is 0 Å². The number of aromatic nitrogens is 2. The number of hydrogen-bond donors (Lipinski definition) is 0. The molecule has 0 fully saturated rings. The van der Waals surface area contributed by atoms with Gasteiger partial charge < -0.3 is 14.0 Å². The van der Waals surface area contributed by atoms with E-state index in [2.05, 4.69) is 263 Å². The minimum Gasteiger partial charge on any atom is -0.310 e. The first-order valence-corrected chi connectivity index (χ1v) is 25.8. The van der Waals surface area contributed by atoms with Gasteiger partial charge in [0.05, 0.1) is 22.1 Å². The van der Waals surface area contributed by atoms with E-state index in [1.165, 1.54) is 95.2 Å². The van der Waals surface area contributed by atoms with E-state index in [-0.39, 0.29) is 0 Å². The summed E-state index contributed by atoms with van der Waals surface area (Å²) in [6, 6.07) is 91.5. The Labute approximate surface area is 417 Å². The van der Waals surface area contributed by atoms with Crippen molar-refractivity contribution in [3.8, 4) is 33.6 Å². The zero-order valence-corrected chi connectivity index (χ0v) is 40.0. The second kappa shape index (κ2) is 15.9. The van der Waals surface area contributed by atoms with Crippen LogP contribution in [0.5, 0.6) is 0 Å². The maximum atomic E-state index is 2.53. The smallest absolute Gasteiger partial charge is 0.0548 e. The van der Waals surface area contributed by atoms with Gasteiger partial charge in [-0.15, -0.1) is 22.7 Å². The van der Waals surface area contributed by atoms with Crippen LogP contribution in [0.1, 0.15) is 0 Å². The molecule has 11 aromatic carbocycles. The number of para-hydroxylation sites is 1. The van der Waals surface area contributed by atoms with Crippen LogP contribution >= 0.6 is 22.7 Å². The van der Waals surface area contributed by atoms with E-state index in [0.717, 1.165) is 39.5 Å². The molecule has 3 nitrogen and oxygen atoms in total. The molecule has 0 amide bonds. The Balaban J connectivity index is 0.986. The van der Waals surface area contributed by atoms with Crippen LogP contribution in [0.25, 0.3) is 118 Å². The van der Waals surface area contributed by atoms with Crippen molar-refractivity contribution < 1.29 is 0 Å². The van der Waals surface area contributed by atoms with E-state index in [4.69, 9.17) is 0 Å². The molecular formula is C66H41N3S2. The van der Waals surface area contributed by atoms with Crippen molar-refractivity contribution >= 4 is 124 Å². The Kier molecular flexibility index (Phi) is 9.00. The summed E-state index contributed by atoms with van der Waals surface area (Å²) < 4.78 is 10.2. The molecule has 332 valence electrons. The number of fused-ring (bicyclic) bond motifs is 14. The van der Waals surface area contributed by atoms with Crippen LogP contribution in [0.15, 0.2) is 249 Å². The van der Waals surface area contributed by atoms with Gasteiger partial charge in [0.2, 0.25) is 0 Å². The Hall–Kier alpha value is -8.74. The fourth-order valence-electron chi connectivity index (χ4n) is 11.3. The van der Waals surface area contributed by atoms with Gasteiger partial charge >= 0.3 is 0 Å². The molecular weight excluding hydrogens is 899 g/mol. The third kappa shape index (κ3) is 6.27. The Morgan fingerprint density at radius 3 is 1.20 bits per heavy atom. The van der Waals surface area contributed by atoms with Gasteiger partial charge in [-0.2, -0.15) is 0 Å². The van der Waals surface area contributed by atoms with Crippen LogP contribution in [0.2, 0.25) is 0 Å². The summed E-state index contributed by atoms with van der Waals surface area (Å²) in [4.78, 5) is 2.40. The van der Waals surface area contributed by atoms with E-state index >= 15 is 0 Å². The maximum absolute atomic E-state index is 2.53. The average Bonchev–Trinajstić information content (AvgIpc) is 4.19. The van der Waals surface area contributed by atoms with Gasteiger partial charge in [-0.3, -0.25) is 0 Å². The lowest BCUT2D eigenvalue weighted by Crippen LogP contribution is -2.10. The first kappa shape index (κ1) is 40.2. The van der Waals surface area contributed by atoms with Crippen molar-refractivity contribution in [2.45, 2.75) is 0 Å². The fourth-order valence-corrected chi connectivity index (χ4v) is 13.6. The lowest BCUT2D eigenvalue weighted by Gasteiger charge is -2.26. The summed E-state index contributed by atoms with van der Waals surface area (Å²) in [5.41, 5.74) is 15.1. The molecule has 0 saturated carbocycles. The monoisotopic (exact) mass is 939 g/mol. The molecule has 0 bridgehead atoms. The predicted octanol–water partition coefficient (Wildman–Crippen LogP) is 19.4. The van der Waals surface area contributed by atoms with Gasteiger partial charge in [0, 0.05) is 90.3 Å². The van der Waals surface area contributed by atoms with E-state index in [9.17, 15) is 0 Å². The second-order valence-electron chi connectivity index (χ2n) is 18.4. The first-order chi connectivity index (χ1) is 35.2. The van der Waals surface area contributed by atoms with Crippen LogP contribution in [-0.4, -0.2) is 9.13 Å². The molecule has 0 spiro atoms. The number of benzene rings is 11. The summed E-state index contributed by atoms with van der Waals surface area (Å²) in [6.45, 7) is 0. The summed E-state index contributed by atoms with van der Waals surface area (Å²) in [5.74, 6) is 0. The van der Waals surface area contributed by atoms with Crippen molar-refractivity contribution in [2.75, 3.05) is 4.90 Å². The Morgan fingerprint density at radius 1 is 0.254 bits per heavy atom.